The molecule has 1 saturated heterocycles. The van der Waals surface area contributed by atoms with E-state index in [0.29, 0.717) is 23.8 Å². The van der Waals surface area contributed by atoms with E-state index in [1.807, 2.05) is 17.0 Å². The summed E-state index contributed by atoms with van der Waals surface area (Å²) < 4.78 is 13.1. The lowest BCUT2D eigenvalue weighted by Gasteiger charge is -2.37. The van der Waals surface area contributed by atoms with Crippen LogP contribution in [0.3, 0.4) is 0 Å². The number of nitrogens with zero attached hydrogens (tertiary/aromatic N) is 3. The third kappa shape index (κ3) is 5.65. The van der Waals surface area contributed by atoms with Crippen LogP contribution in [0.2, 0.25) is 5.02 Å². The number of urea groups is 1. The number of aromatic nitrogens is 1. The van der Waals surface area contributed by atoms with E-state index in [9.17, 15) is 9.18 Å². The lowest BCUT2D eigenvalue weighted by molar-refractivity contribution is 0.126. The Kier molecular flexibility index (Phi) is 6.63. The van der Waals surface area contributed by atoms with Crippen molar-refractivity contribution < 1.29 is 9.18 Å². The summed E-state index contributed by atoms with van der Waals surface area (Å²) in [7, 11) is 2.09. The molecule has 7 heteroatoms. The molecule has 1 fully saturated rings. The average Bonchev–Trinajstić information content (AvgIpc) is 2.68. The van der Waals surface area contributed by atoms with Gasteiger partial charge in [0.1, 0.15) is 5.82 Å². The summed E-state index contributed by atoms with van der Waals surface area (Å²) in [6, 6.07) is 10.4. The average molecular weight is 391 g/mol. The van der Waals surface area contributed by atoms with Gasteiger partial charge in [0.05, 0.1) is 18.4 Å². The van der Waals surface area contributed by atoms with Crippen LogP contribution in [-0.4, -0.2) is 47.0 Å². The SMILES string of the molecule is CN1CCC(N(Cc2ccc(F)cn2)C(=O)NCc2ccc(Cl)cc2)CC1. The third-order valence-electron chi connectivity index (χ3n) is 4.87. The number of likely N-dealkylation sites (tertiary alicyclic amines) is 1. The number of hydrogen-bond acceptors (Lipinski definition) is 3. The van der Waals surface area contributed by atoms with Crippen LogP contribution in [0, 0.1) is 5.82 Å². The molecule has 1 aliphatic rings. The number of hydrogen-bond donors (Lipinski definition) is 1. The number of halogens is 2. The Labute approximate surface area is 164 Å². The summed E-state index contributed by atoms with van der Waals surface area (Å²) in [6.45, 7) is 2.68. The lowest BCUT2D eigenvalue weighted by atomic mass is 10.0. The number of rotatable bonds is 5. The number of amides is 2. The number of carbonyl (C=O) groups excluding carboxylic acids is 1. The van der Waals surface area contributed by atoms with Gasteiger partial charge >= 0.3 is 6.03 Å². The molecule has 27 heavy (non-hydrogen) atoms. The van der Waals surface area contributed by atoms with Gasteiger partial charge in [0.2, 0.25) is 0 Å². The molecule has 2 amide bonds. The molecule has 1 aromatic carbocycles. The van der Waals surface area contributed by atoms with E-state index in [0.717, 1.165) is 31.5 Å². The fourth-order valence-corrected chi connectivity index (χ4v) is 3.36. The van der Waals surface area contributed by atoms with Crippen molar-refractivity contribution in [3.8, 4) is 0 Å². The van der Waals surface area contributed by atoms with Gasteiger partial charge in [-0.25, -0.2) is 9.18 Å². The van der Waals surface area contributed by atoms with Gasteiger partial charge in [0.15, 0.2) is 0 Å². The summed E-state index contributed by atoms with van der Waals surface area (Å²) in [5.74, 6) is -0.378. The molecule has 0 saturated carbocycles. The second-order valence-corrected chi connectivity index (χ2v) is 7.35. The van der Waals surface area contributed by atoms with E-state index >= 15 is 0 Å². The summed E-state index contributed by atoms with van der Waals surface area (Å²) in [5.41, 5.74) is 1.66. The van der Waals surface area contributed by atoms with E-state index in [4.69, 9.17) is 11.6 Å². The molecule has 0 radical (unpaired) electrons. The van der Waals surface area contributed by atoms with Crippen molar-refractivity contribution >= 4 is 17.6 Å². The predicted octanol–water partition coefficient (Wildman–Crippen LogP) is 3.68. The minimum atomic E-state index is -0.378. The van der Waals surface area contributed by atoms with Crippen molar-refractivity contribution in [2.45, 2.75) is 32.0 Å². The first-order chi connectivity index (χ1) is 13.0. The normalized spacial score (nSPS) is 15.5. The smallest absolute Gasteiger partial charge is 0.318 e. The van der Waals surface area contributed by atoms with Crippen LogP contribution >= 0.6 is 11.6 Å². The Bertz CT molecular complexity index is 746. The van der Waals surface area contributed by atoms with Gasteiger partial charge in [-0.1, -0.05) is 23.7 Å². The Balaban J connectivity index is 1.68. The second-order valence-electron chi connectivity index (χ2n) is 6.92. The molecule has 1 N–H and O–H groups in total. The monoisotopic (exact) mass is 390 g/mol. The van der Waals surface area contributed by atoms with E-state index in [1.165, 1.54) is 12.3 Å². The minimum Gasteiger partial charge on any atom is -0.334 e. The van der Waals surface area contributed by atoms with Crippen LogP contribution in [0.25, 0.3) is 0 Å². The molecule has 1 aliphatic heterocycles. The maximum absolute atomic E-state index is 13.1. The van der Waals surface area contributed by atoms with Gasteiger partial charge in [0, 0.05) is 17.6 Å². The van der Waals surface area contributed by atoms with Crippen molar-refractivity contribution in [3.05, 3.63) is 64.7 Å². The van der Waals surface area contributed by atoms with Gasteiger partial charge < -0.3 is 15.1 Å². The third-order valence-corrected chi connectivity index (χ3v) is 5.12. The topological polar surface area (TPSA) is 48.5 Å². The molecule has 0 bridgehead atoms. The minimum absolute atomic E-state index is 0.134. The molecule has 0 atom stereocenters. The number of nitrogens with one attached hydrogen (secondary N) is 1. The number of carbonyl (C=O) groups is 1. The molecule has 1 aromatic heterocycles. The van der Waals surface area contributed by atoms with E-state index in [-0.39, 0.29) is 17.9 Å². The number of piperidine rings is 1. The zero-order chi connectivity index (χ0) is 19.2. The summed E-state index contributed by atoms with van der Waals surface area (Å²) in [5, 5.41) is 3.65. The highest BCUT2D eigenvalue weighted by Gasteiger charge is 2.27. The van der Waals surface area contributed by atoms with Crippen LogP contribution in [0.1, 0.15) is 24.1 Å². The molecule has 144 valence electrons. The predicted molar refractivity (Wildman–Crippen MR) is 104 cm³/mol. The quantitative estimate of drug-likeness (QED) is 0.847. The Hall–Kier alpha value is -2.18. The summed E-state index contributed by atoms with van der Waals surface area (Å²) in [4.78, 5) is 21.1. The van der Waals surface area contributed by atoms with Gasteiger partial charge in [-0.15, -0.1) is 0 Å². The van der Waals surface area contributed by atoms with Crippen molar-refractivity contribution in [3.63, 3.8) is 0 Å². The van der Waals surface area contributed by atoms with Crippen molar-refractivity contribution in [1.29, 1.82) is 0 Å². The molecular formula is C20H24ClFN4O. The van der Waals surface area contributed by atoms with Crippen LogP contribution in [0.4, 0.5) is 9.18 Å². The number of benzene rings is 1. The Morgan fingerprint density at radius 2 is 1.96 bits per heavy atom. The van der Waals surface area contributed by atoms with Crippen LogP contribution in [0.5, 0.6) is 0 Å². The fourth-order valence-electron chi connectivity index (χ4n) is 3.23. The highest BCUT2D eigenvalue weighted by Crippen LogP contribution is 2.18. The molecular weight excluding hydrogens is 367 g/mol. The maximum Gasteiger partial charge on any atom is 0.318 e. The second kappa shape index (κ2) is 9.15. The van der Waals surface area contributed by atoms with Crippen molar-refractivity contribution in [2.75, 3.05) is 20.1 Å². The first-order valence-electron chi connectivity index (χ1n) is 9.09. The van der Waals surface area contributed by atoms with Crippen LogP contribution in [0.15, 0.2) is 42.6 Å². The molecule has 2 aromatic rings. The van der Waals surface area contributed by atoms with E-state index in [1.54, 1.807) is 18.2 Å². The first kappa shape index (κ1) is 19.6. The highest BCUT2D eigenvalue weighted by molar-refractivity contribution is 6.30. The molecule has 5 nitrogen and oxygen atoms in total. The van der Waals surface area contributed by atoms with Gasteiger partial charge in [-0.2, -0.15) is 0 Å². The van der Waals surface area contributed by atoms with Gasteiger partial charge in [0.25, 0.3) is 0 Å². The van der Waals surface area contributed by atoms with E-state index < -0.39 is 0 Å². The highest BCUT2D eigenvalue weighted by atomic mass is 35.5. The zero-order valence-corrected chi connectivity index (χ0v) is 16.1. The molecule has 0 spiro atoms. The first-order valence-corrected chi connectivity index (χ1v) is 9.47. The lowest BCUT2D eigenvalue weighted by Crippen LogP contribution is -2.49. The Morgan fingerprint density at radius 3 is 2.59 bits per heavy atom. The molecule has 0 aliphatic carbocycles. The molecule has 0 unspecified atom stereocenters. The standard InChI is InChI=1S/C20H24ClFN4O/c1-25-10-8-19(9-11-25)26(14-18-7-6-17(22)13-23-18)20(27)24-12-15-2-4-16(21)5-3-15/h2-7,13,19H,8-12,14H2,1H3,(H,24,27). The summed E-state index contributed by atoms with van der Waals surface area (Å²) >= 11 is 5.91. The van der Waals surface area contributed by atoms with Crippen molar-refractivity contribution in [2.24, 2.45) is 0 Å². The van der Waals surface area contributed by atoms with E-state index in [2.05, 4.69) is 22.2 Å². The summed E-state index contributed by atoms with van der Waals surface area (Å²) in [6.07, 6.45) is 3.01. The molecule has 3 rings (SSSR count). The van der Waals surface area contributed by atoms with Crippen LogP contribution in [-0.2, 0) is 13.1 Å². The number of pyridine rings is 1. The molecule has 2 heterocycles. The largest absolute Gasteiger partial charge is 0.334 e. The fraction of sp³-hybridized carbons (Fsp3) is 0.400. The maximum atomic E-state index is 13.1. The van der Waals surface area contributed by atoms with Crippen LogP contribution < -0.4 is 5.32 Å². The zero-order valence-electron chi connectivity index (χ0n) is 15.4. The van der Waals surface area contributed by atoms with Gasteiger partial charge in [-0.05, 0) is 62.8 Å². The Morgan fingerprint density at radius 1 is 1.26 bits per heavy atom. The van der Waals surface area contributed by atoms with Crippen molar-refractivity contribution in [1.82, 2.24) is 20.1 Å². The van der Waals surface area contributed by atoms with Gasteiger partial charge in [-0.3, -0.25) is 4.98 Å².